The number of benzene rings is 1. The number of esters is 1. The minimum atomic E-state index is -1.26. The Balaban J connectivity index is 1.42. The molecule has 2 unspecified atom stereocenters. The van der Waals surface area contributed by atoms with Gasteiger partial charge in [-0.3, -0.25) is 4.57 Å². The van der Waals surface area contributed by atoms with E-state index in [1.165, 1.54) is 16.7 Å². The number of pyridine rings is 1. The first-order valence-corrected chi connectivity index (χ1v) is 12.9. The minimum absolute atomic E-state index is 0.0510. The maximum Gasteiger partial charge on any atom is 0.410 e. The van der Waals surface area contributed by atoms with E-state index in [0.717, 1.165) is 0 Å². The van der Waals surface area contributed by atoms with Gasteiger partial charge in [0.15, 0.2) is 11.5 Å². The Kier molecular flexibility index (Phi) is 7.08. The highest BCUT2D eigenvalue weighted by Gasteiger charge is 2.37. The molecule has 4 heterocycles. The number of likely N-dealkylation sites (tertiary alicyclic amines) is 1. The molecule has 0 radical (unpaired) electrons. The number of carbonyl (C=O) groups excluding carboxylic acids is 2. The van der Waals surface area contributed by atoms with E-state index in [4.69, 9.17) is 9.47 Å². The first-order chi connectivity index (χ1) is 19.5. The van der Waals surface area contributed by atoms with Gasteiger partial charge in [-0.2, -0.15) is 10.4 Å². The van der Waals surface area contributed by atoms with Crippen LogP contribution < -0.4 is 5.32 Å². The predicted molar refractivity (Wildman–Crippen MR) is 147 cm³/mol. The van der Waals surface area contributed by atoms with Gasteiger partial charge in [0.2, 0.25) is 0 Å². The Hall–Kier alpha value is -4.99. The van der Waals surface area contributed by atoms with Gasteiger partial charge in [-0.15, -0.1) is 0 Å². The summed E-state index contributed by atoms with van der Waals surface area (Å²) >= 11 is 0. The van der Waals surface area contributed by atoms with Crippen molar-refractivity contribution >= 4 is 28.8 Å². The Morgan fingerprint density at radius 2 is 1.95 bits per heavy atom. The van der Waals surface area contributed by atoms with Crippen molar-refractivity contribution < 1.29 is 23.5 Å². The smallest absolute Gasteiger partial charge is 0.410 e. The van der Waals surface area contributed by atoms with E-state index in [2.05, 4.69) is 20.4 Å². The molecule has 13 heteroatoms. The van der Waals surface area contributed by atoms with Gasteiger partial charge in [-0.05, 0) is 64.1 Å². The summed E-state index contributed by atoms with van der Waals surface area (Å²) in [7, 11) is 1.28. The number of nitrogens with one attached hydrogen (secondary N) is 1. The van der Waals surface area contributed by atoms with Crippen LogP contribution in [0.3, 0.4) is 0 Å². The van der Waals surface area contributed by atoms with E-state index in [9.17, 15) is 19.2 Å². The average molecular weight is 561 g/mol. The summed E-state index contributed by atoms with van der Waals surface area (Å²) in [6.07, 6.45) is -0.218. The lowest BCUT2D eigenvalue weighted by atomic mass is 10.2. The van der Waals surface area contributed by atoms with Crippen molar-refractivity contribution in [3.8, 4) is 17.7 Å². The zero-order valence-corrected chi connectivity index (χ0v) is 23.3. The SMILES string of the molecule is COC(=O)c1ccc(-n2cnc3cc(NC4CN(C(=O)OC(C)(C)C)CC4F)ccc32)nc1-n1nc(C#N)cc1C. The van der Waals surface area contributed by atoms with Gasteiger partial charge in [-0.1, -0.05) is 0 Å². The lowest BCUT2D eigenvalue weighted by Gasteiger charge is -2.24. The first-order valence-electron chi connectivity index (χ1n) is 12.9. The number of carbonyl (C=O) groups is 2. The third-order valence-corrected chi connectivity index (χ3v) is 6.51. The number of amides is 1. The van der Waals surface area contributed by atoms with Crippen molar-refractivity contribution in [2.24, 2.45) is 0 Å². The number of ether oxygens (including phenoxy) is 2. The van der Waals surface area contributed by atoms with Crippen molar-refractivity contribution in [1.29, 1.82) is 5.26 Å². The molecule has 0 aliphatic carbocycles. The maximum atomic E-state index is 14.8. The molecule has 1 N–H and O–H groups in total. The second-order valence-electron chi connectivity index (χ2n) is 10.7. The van der Waals surface area contributed by atoms with Crippen molar-refractivity contribution in [3.05, 3.63) is 59.7 Å². The predicted octanol–water partition coefficient (Wildman–Crippen LogP) is 3.94. The van der Waals surface area contributed by atoms with Crippen molar-refractivity contribution in [2.45, 2.75) is 45.5 Å². The zero-order chi connectivity index (χ0) is 29.5. The number of hydrogen-bond acceptors (Lipinski definition) is 9. The Morgan fingerprint density at radius 3 is 2.63 bits per heavy atom. The van der Waals surface area contributed by atoms with Gasteiger partial charge in [0, 0.05) is 17.9 Å². The number of rotatable bonds is 5. The lowest BCUT2D eigenvalue weighted by molar-refractivity contribution is 0.0283. The Labute approximate surface area is 235 Å². The third-order valence-electron chi connectivity index (χ3n) is 6.51. The fourth-order valence-corrected chi connectivity index (χ4v) is 4.62. The average Bonchev–Trinajstić information content (AvgIpc) is 3.63. The van der Waals surface area contributed by atoms with Gasteiger partial charge in [-0.25, -0.2) is 28.6 Å². The molecular formula is C28H29FN8O4. The topological polar surface area (TPSA) is 140 Å². The summed E-state index contributed by atoms with van der Waals surface area (Å²) in [5.41, 5.74) is 2.30. The molecule has 1 amide bonds. The number of nitriles is 1. The van der Waals surface area contributed by atoms with E-state index >= 15 is 0 Å². The van der Waals surface area contributed by atoms with Crippen LogP contribution in [0.5, 0.6) is 0 Å². The van der Waals surface area contributed by atoms with Crippen molar-refractivity contribution in [1.82, 2.24) is 29.2 Å². The normalized spacial score (nSPS) is 17.0. The van der Waals surface area contributed by atoms with Crippen LogP contribution in [0.25, 0.3) is 22.7 Å². The molecule has 4 aromatic rings. The summed E-state index contributed by atoms with van der Waals surface area (Å²) in [4.78, 5) is 35.4. The molecule has 2 atom stereocenters. The molecule has 1 aromatic carbocycles. The van der Waals surface area contributed by atoms with Crippen LogP contribution >= 0.6 is 0 Å². The highest BCUT2D eigenvalue weighted by atomic mass is 19.1. The number of aryl methyl sites for hydroxylation is 1. The van der Waals surface area contributed by atoms with Gasteiger partial charge in [0.25, 0.3) is 0 Å². The number of anilines is 1. The van der Waals surface area contributed by atoms with Crippen LogP contribution in [-0.4, -0.2) is 79.3 Å². The molecular weight excluding hydrogens is 531 g/mol. The molecule has 0 bridgehead atoms. The first kappa shape index (κ1) is 27.6. The van der Waals surface area contributed by atoms with E-state index in [0.29, 0.717) is 28.2 Å². The molecule has 0 spiro atoms. The van der Waals surface area contributed by atoms with E-state index < -0.39 is 29.9 Å². The standard InChI is InChI=1S/C28H29FN8O4/c1-16-10-18(12-30)34-37(16)25-19(26(38)40-5)7-9-24(33-25)36-15-31-21-11-17(6-8-23(21)36)32-22-14-35(13-20(22)29)27(39)41-28(2,3)4/h6-11,15,20,22,32H,13-14H2,1-5H3. The number of aromatic nitrogens is 5. The van der Waals surface area contributed by atoms with Crippen LogP contribution in [0.4, 0.5) is 14.9 Å². The molecule has 0 saturated carbocycles. The van der Waals surface area contributed by atoms with Gasteiger partial charge >= 0.3 is 12.1 Å². The number of halogens is 1. The maximum absolute atomic E-state index is 14.8. The summed E-state index contributed by atoms with van der Waals surface area (Å²) in [5, 5.41) is 16.7. The Morgan fingerprint density at radius 1 is 1.17 bits per heavy atom. The van der Waals surface area contributed by atoms with Crippen LogP contribution in [0.2, 0.25) is 0 Å². The van der Waals surface area contributed by atoms with E-state index in [1.807, 2.05) is 12.1 Å². The fourth-order valence-electron chi connectivity index (χ4n) is 4.62. The largest absolute Gasteiger partial charge is 0.465 e. The second-order valence-corrected chi connectivity index (χ2v) is 10.7. The zero-order valence-electron chi connectivity index (χ0n) is 23.3. The van der Waals surface area contributed by atoms with Crippen LogP contribution in [-0.2, 0) is 9.47 Å². The number of alkyl halides is 1. The quantitative estimate of drug-likeness (QED) is 0.359. The number of hydrogen-bond donors (Lipinski definition) is 1. The second kappa shape index (κ2) is 10.5. The van der Waals surface area contributed by atoms with Crippen molar-refractivity contribution in [3.63, 3.8) is 0 Å². The fraction of sp³-hybridized carbons (Fsp3) is 0.357. The summed E-state index contributed by atoms with van der Waals surface area (Å²) in [6, 6.07) is 11.6. The lowest BCUT2D eigenvalue weighted by Crippen LogP contribution is -2.36. The molecule has 1 saturated heterocycles. The van der Waals surface area contributed by atoms with E-state index in [-0.39, 0.29) is 30.2 Å². The van der Waals surface area contributed by atoms with E-state index in [1.54, 1.807) is 68.9 Å². The monoisotopic (exact) mass is 560 g/mol. The molecule has 1 aliphatic heterocycles. The molecule has 1 fully saturated rings. The molecule has 41 heavy (non-hydrogen) atoms. The molecule has 3 aromatic heterocycles. The summed E-state index contributed by atoms with van der Waals surface area (Å²) < 4.78 is 28.3. The third kappa shape index (κ3) is 5.54. The van der Waals surface area contributed by atoms with Gasteiger partial charge in [0.05, 0.1) is 30.7 Å². The molecule has 1 aliphatic rings. The highest BCUT2D eigenvalue weighted by molar-refractivity contribution is 5.93. The summed E-state index contributed by atoms with van der Waals surface area (Å²) in [6.45, 7) is 7.18. The van der Waals surface area contributed by atoms with Crippen LogP contribution in [0.1, 0.15) is 42.5 Å². The minimum Gasteiger partial charge on any atom is -0.465 e. The number of nitrogens with zero attached hydrogens (tertiary/aromatic N) is 7. The van der Waals surface area contributed by atoms with Crippen molar-refractivity contribution in [2.75, 3.05) is 25.5 Å². The van der Waals surface area contributed by atoms with Gasteiger partial charge < -0.3 is 19.7 Å². The summed E-state index contributed by atoms with van der Waals surface area (Å²) in [5.74, 6) is 0.0668. The molecule has 12 nitrogen and oxygen atoms in total. The van der Waals surface area contributed by atoms with Crippen LogP contribution in [0.15, 0.2) is 42.7 Å². The highest BCUT2D eigenvalue weighted by Crippen LogP contribution is 2.26. The van der Waals surface area contributed by atoms with Gasteiger partial charge in [0.1, 0.15) is 35.6 Å². The van der Waals surface area contributed by atoms with Crippen LogP contribution in [0, 0.1) is 18.3 Å². The number of imidazole rings is 1. The molecule has 5 rings (SSSR count). The number of methoxy groups -OCH3 is 1. The Bertz CT molecular complexity index is 1680. The molecule has 212 valence electrons. The number of fused-ring (bicyclic) bond motifs is 1.